The van der Waals surface area contributed by atoms with Gasteiger partial charge in [-0.3, -0.25) is 24.4 Å². The maximum atomic E-state index is 14.1. The molecule has 5 rings (SSSR count). The first-order valence-electron chi connectivity index (χ1n) is 21.7. The van der Waals surface area contributed by atoms with Crippen LogP contribution in [-0.2, 0) is 32.0 Å². The number of ether oxygens (including phenoxy) is 1. The minimum Gasteiger partial charge on any atom is -0.375 e. The van der Waals surface area contributed by atoms with Crippen LogP contribution in [0.5, 0.6) is 0 Å². The highest BCUT2D eigenvalue weighted by Gasteiger charge is 2.37. The van der Waals surface area contributed by atoms with Crippen molar-refractivity contribution < 1.29 is 19.1 Å². The van der Waals surface area contributed by atoms with Crippen LogP contribution in [0.3, 0.4) is 0 Å². The van der Waals surface area contributed by atoms with Gasteiger partial charge in [0.1, 0.15) is 12.1 Å². The molecule has 2 aromatic heterocycles. The van der Waals surface area contributed by atoms with Crippen LogP contribution in [0.25, 0.3) is 22.4 Å². The molecule has 4 unspecified atom stereocenters. The lowest BCUT2D eigenvalue weighted by Gasteiger charge is -2.33. The molecule has 0 spiro atoms. The van der Waals surface area contributed by atoms with Crippen LogP contribution in [-0.4, -0.2) is 77.4 Å². The Balaban J connectivity index is 1.54. The highest BCUT2D eigenvalue weighted by Crippen LogP contribution is 2.42. The SMILES string of the molecule is CCCc1cnc(C(C)OC)c(/C(=C(\CC(C)C)c2cc(-c3csc(CC(NC(=O)C(C4CCCC4)N(C)C=O)C(=O)N4CCCCN4)n3)ccc2C)C(C)CC)c1. The summed E-state index contributed by atoms with van der Waals surface area (Å²) in [6, 6.07) is 7.55. The van der Waals surface area contributed by atoms with Crippen LogP contribution in [0.1, 0.15) is 138 Å². The van der Waals surface area contributed by atoms with E-state index in [-0.39, 0.29) is 36.2 Å². The molecule has 3 aromatic rings. The van der Waals surface area contributed by atoms with Crippen molar-refractivity contribution in [2.45, 2.75) is 137 Å². The number of allylic oxidation sites excluding steroid dienone is 2. The van der Waals surface area contributed by atoms with Crippen LogP contribution >= 0.6 is 11.3 Å². The smallest absolute Gasteiger partial charge is 0.259 e. The van der Waals surface area contributed by atoms with Crippen molar-refractivity contribution in [2.75, 3.05) is 27.2 Å². The number of methoxy groups -OCH3 is 1. The molecule has 2 N–H and O–H groups in total. The van der Waals surface area contributed by atoms with Crippen molar-refractivity contribution in [3.63, 3.8) is 0 Å². The molecule has 10 nitrogen and oxygen atoms in total. The second-order valence-electron chi connectivity index (χ2n) is 17.0. The van der Waals surface area contributed by atoms with E-state index in [0.29, 0.717) is 19.0 Å². The molecule has 11 heteroatoms. The van der Waals surface area contributed by atoms with E-state index in [1.807, 2.05) is 6.20 Å². The zero-order chi connectivity index (χ0) is 41.9. The normalized spacial score (nSPS) is 17.4. The second-order valence-corrected chi connectivity index (χ2v) is 17.9. The number of amides is 3. The number of aryl methyl sites for hydroxylation is 2. The van der Waals surface area contributed by atoms with Crippen LogP contribution < -0.4 is 10.7 Å². The van der Waals surface area contributed by atoms with Gasteiger partial charge in [-0.15, -0.1) is 11.3 Å². The molecule has 2 aliphatic rings. The molecule has 316 valence electrons. The summed E-state index contributed by atoms with van der Waals surface area (Å²) in [6.07, 6.45) is 12.5. The topological polar surface area (TPSA) is 117 Å². The molecule has 1 aliphatic heterocycles. The first-order chi connectivity index (χ1) is 27.9. The molecule has 1 saturated heterocycles. The van der Waals surface area contributed by atoms with Gasteiger partial charge in [-0.1, -0.05) is 66.0 Å². The highest BCUT2D eigenvalue weighted by molar-refractivity contribution is 7.10. The number of hydrazine groups is 1. The van der Waals surface area contributed by atoms with Crippen LogP contribution in [0.15, 0.2) is 35.8 Å². The standard InChI is InChI=1S/C47H68N6O4S/c1-10-16-34-24-39(44(48-27-34)33(7)57-9)43(31(5)11-2)38(23-30(3)4)37-25-36(20-19-32(37)6)41-28-58-42(50-41)26-40(47(56)53-22-15-14-21-49-53)51-46(55)45(52(8)29-54)35-17-12-13-18-35/h19-20,24-25,27-31,33,35,40,45,49H,10-18,21-23,26H2,1-9H3,(H,51,55)/b43-38+. The van der Waals surface area contributed by atoms with E-state index in [1.165, 1.54) is 49.6 Å². The van der Waals surface area contributed by atoms with Crippen LogP contribution in [0.2, 0.25) is 0 Å². The van der Waals surface area contributed by atoms with Crippen LogP contribution in [0, 0.1) is 24.7 Å². The molecule has 1 aromatic carbocycles. The number of thiazole rings is 1. The molecule has 4 atom stereocenters. The number of likely N-dealkylation sites (N-methyl/N-ethyl adjacent to an activating group) is 1. The Morgan fingerprint density at radius 2 is 1.84 bits per heavy atom. The molecule has 2 fully saturated rings. The lowest BCUT2D eigenvalue weighted by atomic mass is 9.79. The van der Waals surface area contributed by atoms with Gasteiger partial charge in [0, 0.05) is 56.4 Å². The summed E-state index contributed by atoms with van der Waals surface area (Å²) in [5, 5.41) is 7.58. The Labute approximate surface area is 351 Å². The van der Waals surface area contributed by atoms with Crippen LogP contribution in [0.4, 0.5) is 0 Å². The van der Waals surface area contributed by atoms with Crippen molar-refractivity contribution in [1.29, 1.82) is 0 Å². The van der Waals surface area contributed by atoms with Gasteiger partial charge in [0.2, 0.25) is 12.3 Å². The van der Waals surface area contributed by atoms with E-state index in [2.05, 4.69) is 88.9 Å². The van der Waals surface area contributed by atoms with E-state index in [9.17, 15) is 14.4 Å². The molecule has 0 radical (unpaired) electrons. The Morgan fingerprint density at radius 1 is 1.09 bits per heavy atom. The summed E-state index contributed by atoms with van der Waals surface area (Å²) in [5.74, 6) is 0.307. The predicted octanol–water partition coefficient (Wildman–Crippen LogP) is 8.98. The largest absolute Gasteiger partial charge is 0.375 e. The minimum absolute atomic E-state index is 0.0724. The first-order valence-corrected chi connectivity index (χ1v) is 22.6. The van der Waals surface area contributed by atoms with E-state index < -0.39 is 12.1 Å². The molecular formula is C47H68N6O4S. The average Bonchev–Trinajstić information content (AvgIpc) is 3.93. The van der Waals surface area contributed by atoms with E-state index in [0.717, 1.165) is 92.6 Å². The van der Waals surface area contributed by atoms with Gasteiger partial charge >= 0.3 is 0 Å². The molecule has 58 heavy (non-hydrogen) atoms. The number of pyridine rings is 1. The Morgan fingerprint density at radius 3 is 2.48 bits per heavy atom. The molecule has 3 amide bonds. The monoisotopic (exact) mass is 813 g/mol. The summed E-state index contributed by atoms with van der Waals surface area (Å²) >= 11 is 1.51. The zero-order valence-electron chi connectivity index (χ0n) is 36.5. The number of carbonyl (C=O) groups excluding carboxylic acids is 3. The Hall–Kier alpha value is -3.93. The number of carbonyl (C=O) groups is 3. The third-order valence-corrected chi connectivity index (χ3v) is 13.0. The van der Waals surface area contributed by atoms with Gasteiger partial charge in [-0.25, -0.2) is 10.4 Å². The fourth-order valence-electron chi connectivity index (χ4n) is 8.71. The first kappa shape index (κ1) is 45.2. The van der Waals surface area contributed by atoms with Crippen molar-refractivity contribution in [3.8, 4) is 11.3 Å². The number of nitrogens with zero attached hydrogens (tertiary/aromatic N) is 4. The highest BCUT2D eigenvalue weighted by atomic mass is 32.1. The number of nitrogens with one attached hydrogen (secondary N) is 2. The van der Waals surface area contributed by atoms with Gasteiger partial charge in [0.15, 0.2) is 0 Å². The van der Waals surface area contributed by atoms with E-state index in [4.69, 9.17) is 14.7 Å². The van der Waals surface area contributed by atoms with Gasteiger partial charge in [0.05, 0.1) is 22.5 Å². The summed E-state index contributed by atoms with van der Waals surface area (Å²) in [7, 11) is 3.41. The van der Waals surface area contributed by atoms with Crippen molar-refractivity contribution in [1.82, 2.24) is 30.6 Å². The summed E-state index contributed by atoms with van der Waals surface area (Å²) < 4.78 is 5.90. The summed E-state index contributed by atoms with van der Waals surface area (Å²) in [5.41, 5.74) is 13.6. The summed E-state index contributed by atoms with van der Waals surface area (Å²) in [6.45, 7) is 16.9. The van der Waals surface area contributed by atoms with Gasteiger partial charge in [0.25, 0.3) is 5.91 Å². The quantitative estimate of drug-likeness (QED) is 0.116. The van der Waals surface area contributed by atoms with Crippen molar-refractivity contribution in [3.05, 3.63) is 68.8 Å². The fourth-order valence-corrected chi connectivity index (χ4v) is 9.56. The van der Waals surface area contributed by atoms with Crippen molar-refractivity contribution >= 4 is 40.7 Å². The third kappa shape index (κ3) is 11.0. The maximum Gasteiger partial charge on any atom is 0.259 e. The zero-order valence-corrected chi connectivity index (χ0v) is 37.3. The van der Waals surface area contributed by atoms with Gasteiger partial charge in [-0.05, 0) is 117 Å². The molecule has 0 bridgehead atoms. The number of rotatable bonds is 19. The number of hydrogen-bond acceptors (Lipinski definition) is 8. The predicted molar refractivity (Wildman–Crippen MR) is 236 cm³/mol. The molecule has 3 heterocycles. The maximum absolute atomic E-state index is 14.1. The second kappa shape index (κ2) is 21.4. The Kier molecular flexibility index (Phi) is 16.6. The summed E-state index contributed by atoms with van der Waals surface area (Å²) in [4.78, 5) is 51.6. The lowest BCUT2D eigenvalue weighted by Crippen LogP contribution is -2.59. The minimum atomic E-state index is -0.825. The molecule has 1 saturated carbocycles. The fraction of sp³-hybridized carbons (Fsp3) is 0.596. The third-order valence-electron chi connectivity index (χ3n) is 12.1. The van der Waals surface area contributed by atoms with Crippen molar-refractivity contribution in [2.24, 2.45) is 17.8 Å². The lowest BCUT2D eigenvalue weighted by molar-refractivity contribution is -0.142. The average molecular weight is 813 g/mol. The van der Waals surface area contributed by atoms with E-state index >= 15 is 0 Å². The van der Waals surface area contributed by atoms with Gasteiger partial charge < -0.3 is 15.0 Å². The van der Waals surface area contributed by atoms with E-state index in [1.54, 1.807) is 19.2 Å². The number of aromatic nitrogens is 2. The molecule has 1 aliphatic carbocycles. The Bertz CT molecular complexity index is 1880. The number of benzene rings is 1. The number of hydrogen-bond donors (Lipinski definition) is 2. The molecular weight excluding hydrogens is 745 g/mol. The van der Waals surface area contributed by atoms with Gasteiger partial charge in [-0.2, -0.15) is 0 Å².